The molecule has 0 bridgehead atoms. The minimum absolute atomic E-state index is 0.163. The lowest BCUT2D eigenvalue weighted by molar-refractivity contribution is -0.0640. The second-order valence-corrected chi connectivity index (χ2v) is 7.55. The van der Waals surface area contributed by atoms with Gasteiger partial charge in [0.05, 0.1) is 23.7 Å². The molecule has 6 heteroatoms. The molecule has 0 unspecified atom stereocenters. The molecule has 0 spiro atoms. The molecule has 0 atom stereocenters. The molecule has 20 heavy (non-hydrogen) atoms. The van der Waals surface area contributed by atoms with Gasteiger partial charge in [-0.15, -0.1) is 0 Å². The van der Waals surface area contributed by atoms with Crippen LogP contribution in [-0.2, 0) is 21.4 Å². The van der Waals surface area contributed by atoms with Gasteiger partial charge in [0.25, 0.3) is 0 Å². The van der Waals surface area contributed by atoms with Gasteiger partial charge in [-0.3, -0.25) is 0 Å². The Morgan fingerprint density at radius 3 is 2.70 bits per heavy atom. The summed E-state index contributed by atoms with van der Waals surface area (Å²) in [5.41, 5.74) is 0.770. The van der Waals surface area contributed by atoms with Crippen molar-refractivity contribution < 1.29 is 18.3 Å². The predicted molar refractivity (Wildman–Crippen MR) is 75.9 cm³/mol. The smallest absolute Gasteiger partial charge is 0.243 e. The maximum Gasteiger partial charge on any atom is 0.243 e. The Labute approximate surface area is 120 Å². The molecule has 1 aromatic carbocycles. The molecule has 1 heterocycles. The van der Waals surface area contributed by atoms with Crippen LogP contribution < -0.4 is 0 Å². The molecule has 5 nitrogen and oxygen atoms in total. The van der Waals surface area contributed by atoms with Gasteiger partial charge in [-0.25, -0.2) is 8.42 Å². The van der Waals surface area contributed by atoms with E-state index in [-0.39, 0.29) is 11.5 Å². The number of hydrogen-bond acceptors (Lipinski definition) is 4. The lowest BCUT2D eigenvalue weighted by atomic mass is 10.1. The maximum absolute atomic E-state index is 12.8. The number of ether oxygens (including phenoxy) is 1. The number of rotatable bonds is 3. The average molecular weight is 299 g/mol. The summed E-state index contributed by atoms with van der Waals surface area (Å²) in [6.45, 7) is 6.41. The Balaban J connectivity index is 2.40. The van der Waals surface area contributed by atoms with Gasteiger partial charge in [0, 0.05) is 13.1 Å². The average Bonchev–Trinajstić information content (AvgIpc) is 2.37. The fourth-order valence-corrected chi connectivity index (χ4v) is 4.27. The zero-order valence-electron chi connectivity index (χ0n) is 12.1. The first-order chi connectivity index (χ1) is 9.28. The molecule has 0 amide bonds. The number of aliphatic hydroxyl groups is 1. The topological polar surface area (TPSA) is 66.8 Å². The lowest BCUT2D eigenvalue weighted by Gasteiger charge is -2.37. The van der Waals surface area contributed by atoms with E-state index in [1.54, 1.807) is 25.1 Å². The molecule has 1 aliphatic heterocycles. The molecule has 0 saturated carbocycles. The largest absolute Gasteiger partial charge is 0.392 e. The standard InChI is InChI=1S/C14H21NO4S/c1-11-12(9-16)5-4-6-13(11)20(17,18)15-7-8-19-14(2,3)10-15/h4-6,16H,7-10H2,1-3H3. The van der Waals surface area contributed by atoms with Gasteiger partial charge in [0.15, 0.2) is 0 Å². The summed E-state index contributed by atoms with van der Waals surface area (Å²) in [5, 5.41) is 9.27. The molecule has 112 valence electrons. The van der Waals surface area contributed by atoms with E-state index < -0.39 is 15.6 Å². The molecule has 0 aromatic heterocycles. The Hall–Kier alpha value is -0.950. The summed E-state index contributed by atoms with van der Waals surface area (Å²) in [5.74, 6) is 0. The lowest BCUT2D eigenvalue weighted by Crippen LogP contribution is -2.50. The van der Waals surface area contributed by atoms with Gasteiger partial charge in [-0.1, -0.05) is 12.1 Å². The quantitative estimate of drug-likeness (QED) is 0.913. The number of aliphatic hydroxyl groups excluding tert-OH is 1. The van der Waals surface area contributed by atoms with E-state index in [0.717, 1.165) is 0 Å². The van der Waals surface area contributed by atoms with Crippen molar-refractivity contribution in [2.24, 2.45) is 0 Å². The predicted octanol–water partition coefficient (Wildman–Crippen LogP) is 1.29. The van der Waals surface area contributed by atoms with Crippen LogP contribution in [0.5, 0.6) is 0 Å². The first kappa shape index (κ1) is 15.4. The van der Waals surface area contributed by atoms with Crippen LogP contribution in [0.1, 0.15) is 25.0 Å². The van der Waals surface area contributed by atoms with E-state index in [1.807, 2.05) is 13.8 Å². The second kappa shape index (κ2) is 5.44. The highest BCUT2D eigenvalue weighted by Gasteiger charge is 2.35. The van der Waals surface area contributed by atoms with Crippen LogP contribution in [0.3, 0.4) is 0 Å². The van der Waals surface area contributed by atoms with Crippen molar-refractivity contribution in [3.63, 3.8) is 0 Å². The monoisotopic (exact) mass is 299 g/mol. The van der Waals surface area contributed by atoms with Crippen molar-refractivity contribution in [2.75, 3.05) is 19.7 Å². The Morgan fingerprint density at radius 2 is 2.10 bits per heavy atom. The molecule has 0 aliphatic carbocycles. The molecular weight excluding hydrogens is 278 g/mol. The van der Waals surface area contributed by atoms with Gasteiger partial charge in [0.2, 0.25) is 10.0 Å². The van der Waals surface area contributed by atoms with Crippen LogP contribution in [0, 0.1) is 6.92 Å². The second-order valence-electron chi connectivity index (χ2n) is 5.65. The van der Waals surface area contributed by atoms with E-state index >= 15 is 0 Å². The summed E-state index contributed by atoms with van der Waals surface area (Å²) in [6, 6.07) is 4.99. The van der Waals surface area contributed by atoms with Crippen LogP contribution in [0.25, 0.3) is 0 Å². The molecule has 1 fully saturated rings. The van der Waals surface area contributed by atoms with E-state index in [2.05, 4.69) is 0 Å². The SMILES string of the molecule is Cc1c(CO)cccc1S(=O)(=O)N1CCOC(C)(C)C1. The van der Waals surface area contributed by atoms with Crippen LogP contribution in [0.2, 0.25) is 0 Å². The first-order valence-electron chi connectivity index (χ1n) is 6.61. The maximum atomic E-state index is 12.8. The summed E-state index contributed by atoms with van der Waals surface area (Å²) in [4.78, 5) is 0.266. The molecule has 0 radical (unpaired) electrons. The third-order valence-corrected chi connectivity index (χ3v) is 5.56. The molecule has 1 saturated heterocycles. The number of nitrogens with zero attached hydrogens (tertiary/aromatic N) is 1. The molecular formula is C14H21NO4S. The van der Waals surface area contributed by atoms with E-state index in [4.69, 9.17) is 4.74 Å². The minimum atomic E-state index is -3.55. The molecule has 2 rings (SSSR count). The summed E-state index contributed by atoms with van der Waals surface area (Å²) >= 11 is 0. The Kier molecular flexibility index (Phi) is 4.20. The molecule has 1 N–H and O–H groups in total. The van der Waals surface area contributed by atoms with Crippen LogP contribution in [0.15, 0.2) is 23.1 Å². The van der Waals surface area contributed by atoms with Gasteiger partial charge in [-0.2, -0.15) is 4.31 Å². The normalized spacial score (nSPS) is 20.0. The van der Waals surface area contributed by atoms with Crippen molar-refractivity contribution in [3.05, 3.63) is 29.3 Å². The van der Waals surface area contributed by atoms with E-state index in [9.17, 15) is 13.5 Å². The van der Waals surface area contributed by atoms with E-state index in [1.165, 1.54) is 4.31 Å². The minimum Gasteiger partial charge on any atom is -0.392 e. The number of hydrogen-bond donors (Lipinski definition) is 1. The summed E-state index contributed by atoms with van der Waals surface area (Å²) < 4.78 is 32.5. The summed E-state index contributed by atoms with van der Waals surface area (Å²) in [7, 11) is -3.55. The fourth-order valence-electron chi connectivity index (χ4n) is 2.43. The highest BCUT2D eigenvalue weighted by atomic mass is 32.2. The Bertz CT molecular complexity index is 595. The zero-order valence-corrected chi connectivity index (χ0v) is 12.9. The van der Waals surface area contributed by atoms with Crippen LogP contribution in [0.4, 0.5) is 0 Å². The first-order valence-corrected chi connectivity index (χ1v) is 8.05. The zero-order chi connectivity index (χ0) is 15.0. The van der Waals surface area contributed by atoms with Crippen molar-refractivity contribution in [1.29, 1.82) is 0 Å². The van der Waals surface area contributed by atoms with Gasteiger partial charge in [-0.05, 0) is 38.0 Å². The number of morpholine rings is 1. The van der Waals surface area contributed by atoms with E-state index in [0.29, 0.717) is 30.8 Å². The van der Waals surface area contributed by atoms with Crippen molar-refractivity contribution >= 4 is 10.0 Å². The van der Waals surface area contributed by atoms with Gasteiger partial charge >= 0.3 is 0 Å². The number of sulfonamides is 1. The number of benzene rings is 1. The van der Waals surface area contributed by atoms with Gasteiger partial charge in [0.1, 0.15) is 0 Å². The highest BCUT2D eigenvalue weighted by molar-refractivity contribution is 7.89. The third-order valence-electron chi connectivity index (χ3n) is 3.58. The fraction of sp³-hybridized carbons (Fsp3) is 0.571. The Morgan fingerprint density at radius 1 is 1.40 bits per heavy atom. The van der Waals surface area contributed by atoms with Crippen molar-refractivity contribution in [2.45, 2.75) is 37.9 Å². The highest BCUT2D eigenvalue weighted by Crippen LogP contribution is 2.26. The molecule has 1 aliphatic rings. The molecule has 1 aromatic rings. The van der Waals surface area contributed by atoms with Crippen molar-refractivity contribution in [3.8, 4) is 0 Å². The summed E-state index contributed by atoms with van der Waals surface area (Å²) in [6.07, 6.45) is 0. The third kappa shape index (κ3) is 2.88. The van der Waals surface area contributed by atoms with Crippen molar-refractivity contribution in [1.82, 2.24) is 4.31 Å². The van der Waals surface area contributed by atoms with Gasteiger partial charge < -0.3 is 9.84 Å². The van der Waals surface area contributed by atoms with Crippen LogP contribution >= 0.6 is 0 Å². The van der Waals surface area contributed by atoms with Crippen LogP contribution in [-0.4, -0.2) is 43.1 Å².